The van der Waals surface area contributed by atoms with Crippen molar-refractivity contribution < 1.29 is 4.79 Å². The lowest BCUT2D eigenvalue weighted by atomic mass is 9.97. The van der Waals surface area contributed by atoms with Gasteiger partial charge in [0.25, 0.3) is 0 Å². The molecule has 1 aliphatic carbocycles. The molecule has 3 N–H and O–H groups in total. The minimum atomic E-state index is -0.150. The van der Waals surface area contributed by atoms with Gasteiger partial charge in [-0.2, -0.15) is 0 Å². The number of amides is 1. The Balaban J connectivity index is 0.00000180. The predicted octanol–water partition coefficient (Wildman–Crippen LogP) is 2.80. The standard InChI is InChI=1S/C14H19BrN2O.ClH/c15-12-5-3-4-11(8-12)9-13(18)17-14(10-16)6-1-2-7-14;/h3-5,8H,1-2,6-7,9-10,16H2,(H,17,18);1H. The van der Waals surface area contributed by atoms with Gasteiger partial charge in [0.05, 0.1) is 12.0 Å². The number of hydrogen-bond donors (Lipinski definition) is 2. The number of rotatable bonds is 4. The molecule has 0 saturated heterocycles. The normalized spacial score (nSPS) is 16.7. The number of hydrogen-bond acceptors (Lipinski definition) is 2. The maximum Gasteiger partial charge on any atom is 0.224 e. The Kier molecular flexibility index (Phi) is 6.30. The van der Waals surface area contributed by atoms with Crippen LogP contribution in [0, 0.1) is 0 Å². The van der Waals surface area contributed by atoms with Crippen molar-refractivity contribution in [3.05, 3.63) is 34.3 Å². The zero-order valence-corrected chi connectivity index (χ0v) is 13.2. The van der Waals surface area contributed by atoms with Gasteiger partial charge < -0.3 is 11.1 Å². The summed E-state index contributed by atoms with van der Waals surface area (Å²) in [4.78, 5) is 12.1. The summed E-state index contributed by atoms with van der Waals surface area (Å²) in [5.41, 5.74) is 6.68. The summed E-state index contributed by atoms with van der Waals surface area (Å²) < 4.78 is 1.00. The Morgan fingerprint density at radius 3 is 2.63 bits per heavy atom. The molecule has 0 bridgehead atoms. The predicted molar refractivity (Wildman–Crippen MR) is 83.5 cm³/mol. The quantitative estimate of drug-likeness (QED) is 0.880. The smallest absolute Gasteiger partial charge is 0.224 e. The van der Waals surface area contributed by atoms with E-state index in [2.05, 4.69) is 21.2 Å². The summed E-state index contributed by atoms with van der Waals surface area (Å²) in [5, 5.41) is 3.13. The molecule has 1 aromatic carbocycles. The second-order valence-corrected chi connectivity index (χ2v) is 5.96. The first-order chi connectivity index (χ1) is 8.63. The molecule has 1 saturated carbocycles. The lowest BCUT2D eigenvalue weighted by molar-refractivity contribution is -0.122. The van der Waals surface area contributed by atoms with Crippen molar-refractivity contribution in [1.82, 2.24) is 5.32 Å². The number of nitrogens with two attached hydrogens (primary N) is 1. The molecular weight excluding hydrogens is 328 g/mol. The van der Waals surface area contributed by atoms with E-state index in [4.69, 9.17) is 5.73 Å². The summed E-state index contributed by atoms with van der Waals surface area (Å²) in [6, 6.07) is 7.85. The van der Waals surface area contributed by atoms with Gasteiger partial charge in [0.15, 0.2) is 0 Å². The molecule has 5 heteroatoms. The van der Waals surface area contributed by atoms with Crippen LogP contribution in [-0.4, -0.2) is 18.0 Å². The molecule has 0 spiro atoms. The Labute approximate surface area is 128 Å². The van der Waals surface area contributed by atoms with Crippen LogP contribution in [0.25, 0.3) is 0 Å². The van der Waals surface area contributed by atoms with Crippen molar-refractivity contribution in [3.63, 3.8) is 0 Å². The van der Waals surface area contributed by atoms with Crippen molar-refractivity contribution in [1.29, 1.82) is 0 Å². The lowest BCUT2D eigenvalue weighted by Crippen LogP contribution is -2.52. The third-order valence-corrected chi connectivity index (χ3v) is 4.10. The van der Waals surface area contributed by atoms with E-state index in [1.54, 1.807) is 0 Å². The summed E-state index contributed by atoms with van der Waals surface area (Å²) >= 11 is 3.41. The maximum atomic E-state index is 12.1. The largest absolute Gasteiger partial charge is 0.349 e. The second kappa shape index (κ2) is 7.27. The van der Waals surface area contributed by atoms with Crippen molar-refractivity contribution >= 4 is 34.2 Å². The SMILES string of the molecule is Cl.NCC1(NC(=O)Cc2cccc(Br)c2)CCCC1. The van der Waals surface area contributed by atoms with Gasteiger partial charge in [-0.1, -0.05) is 40.9 Å². The van der Waals surface area contributed by atoms with E-state index in [-0.39, 0.29) is 23.9 Å². The molecule has 0 aromatic heterocycles. The molecule has 0 aliphatic heterocycles. The monoisotopic (exact) mass is 346 g/mol. The zero-order valence-electron chi connectivity index (χ0n) is 10.8. The van der Waals surface area contributed by atoms with Crippen LogP contribution < -0.4 is 11.1 Å². The van der Waals surface area contributed by atoms with Crippen molar-refractivity contribution in [2.24, 2.45) is 5.73 Å². The molecule has 0 atom stereocenters. The molecule has 0 unspecified atom stereocenters. The third kappa shape index (κ3) is 4.48. The van der Waals surface area contributed by atoms with E-state index in [0.29, 0.717) is 13.0 Å². The molecule has 19 heavy (non-hydrogen) atoms. The minimum Gasteiger partial charge on any atom is -0.349 e. The fourth-order valence-corrected chi connectivity index (χ4v) is 3.05. The van der Waals surface area contributed by atoms with Crippen LogP contribution in [0.15, 0.2) is 28.7 Å². The highest BCUT2D eigenvalue weighted by molar-refractivity contribution is 9.10. The van der Waals surface area contributed by atoms with Crippen LogP contribution in [0.1, 0.15) is 31.2 Å². The summed E-state index contributed by atoms with van der Waals surface area (Å²) in [6.07, 6.45) is 4.76. The highest BCUT2D eigenvalue weighted by Gasteiger charge is 2.33. The first-order valence-electron chi connectivity index (χ1n) is 6.39. The van der Waals surface area contributed by atoms with Crippen LogP contribution in [0.2, 0.25) is 0 Å². The number of benzene rings is 1. The van der Waals surface area contributed by atoms with E-state index >= 15 is 0 Å². The molecule has 0 heterocycles. The Morgan fingerprint density at radius 2 is 2.05 bits per heavy atom. The minimum absolute atomic E-state index is 0. The van der Waals surface area contributed by atoms with Crippen molar-refractivity contribution in [3.8, 4) is 0 Å². The van der Waals surface area contributed by atoms with Gasteiger partial charge in [0.2, 0.25) is 5.91 Å². The fourth-order valence-electron chi connectivity index (χ4n) is 2.60. The van der Waals surface area contributed by atoms with Gasteiger partial charge in [-0.25, -0.2) is 0 Å². The van der Waals surface area contributed by atoms with Gasteiger partial charge in [-0.3, -0.25) is 4.79 Å². The highest BCUT2D eigenvalue weighted by Crippen LogP contribution is 2.28. The van der Waals surface area contributed by atoms with Gasteiger partial charge in [-0.15, -0.1) is 12.4 Å². The van der Waals surface area contributed by atoms with Gasteiger partial charge >= 0.3 is 0 Å². The molecule has 1 aliphatic rings. The lowest BCUT2D eigenvalue weighted by Gasteiger charge is -2.28. The topological polar surface area (TPSA) is 55.1 Å². The Bertz CT molecular complexity index is 433. The number of nitrogens with one attached hydrogen (secondary N) is 1. The van der Waals surface area contributed by atoms with Crippen LogP contribution in [0.3, 0.4) is 0 Å². The average molecular weight is 348 g/mol. The van der Waals surface area contributed by atoms with Crippen molar-refractivity contribution in [2.75, 3.05) is 6.54 Å². The molecule has 106 valence electrons. The van der Waals surface area contributed by atoms with Crippen LogP contribution >= 0.6 is 28.3 Å². The van der Waals surface area contributed by atoms with Gasteiger partial charge in [-0.05, 0) is 30.5 Å². The third-order valence-electron chi connectivity index (χ3n) is 3.61. The molecule has 1 fully saturated rings. The highest BCUT2D eigenvalue weighted by atomic mass is 79.9. The molecule has 0 radical (unpaired) electrons. The summed E-state index contributed by atoms with van der Waals surface area (Å²) in [6.45, 7) is 0.539. The second-order valence-electron chi connectivity index (χ2n) is 5.05. The zero-order chi connectivity index (χ0) is 13.0. The number of carbonyl (C=O) groups excluding carboxylic acids is 1. The van der Waals surface area contributed by atoms with E-state index in [9.17, 15) is 4.79 Å². The summed E-state index contributed by atoms with van der Waals surface area (Å²) in [7, 11) is 0. The molecule has 3 nitrogen and oxygen atoms in total. The number of halogens is 2. The van der Waals surface area contributed by atoms with E-state index in [0.717, 1.165) is 35.7 Å². The van der Waals surface area contributed by atoms with Crippen LogP contribution in [0.4, 0.5) is 0 Å². The molecule has 2 rings (SSSR count). The van der Waals surface area contributed by atoms with Crippen molar-refractivity contribution in [2.45, 2.75) is 37.6 Å². The Hall–Kier alpha value is -0.580. The average Bonchev–Trinajstić information content (AvgIpc) is 2.78. The van der Waals surface area contributed by atoms with E-state index < -0.39 is 0 Å². The first-order valence-corrected chi connectivity index (χ1v) is 7.18. The van der Waals surface area contributed by atoms with Crippen LogP contribution in [0.5, 0.6) is 0 Å². The Morgan fingerprint density at radius 1 is 1.37 bits per heavy atom. The van der Waals surface area contributed by atoms with E-state index in [1.165, 1.54) is 0 Å². The van der Waals surface area contributed by atoms with Gasteiger partial charge in [0, 0.05) is 11.0 Å². The maximum absolute atomic E-state index is 12.1. The molecular formula is C14H20BrClN2O. The summed E-state index contributed by atoms with van der Waals surface area (Å²) in [5.74, 6) is 0.0699. The fraction of sp³-hybridized carbons (Fsp3) is 0.500. The van der Waals surface area contributed by atoms with Gasteiger partial charge in [0.1, 0.15) is 0 Å². The first kappa shape index (κ1) is 16.5. The molecule has 1 amide bonds. The molecule has 1 aromatic rings. The number of carbonyl (C=O) groups is 1. The van der Waals surface area contributed by atoms with Crippen LogP contribution in [-0.2, 0) is 11.2 Å². The van der Waals surface area contributed by atoms with E-state index in [1.807, 2.05) is 24.3 Å².